The first-order valence-corrected chi connectivity index (χ1v) is 7.00. The molecule has 0 amide bonds. The quantitative estimate of drug-likeness (QED) is 0.700. The molecule has 0 aliphatic heterocycles. The molecule has 94 valence electrons. The van der Waals surface area contributed by atoms with Crippen molar-refractivity contribution in [3.05, 3.63) is 59.2 Å². The van der Waals surface area contributed by atoms with Crippen LogP contribution in [-0.2, 0) is 19.3 Å². The summed E-state index contributed by atoms with van der Waals surface area (Å²) in [4.78, 5) is 0. The van der Waals surface area contributed by atoms with E-state index in [0.29, 0.717) is 0 Å². The summed E-state index contributed by atoms with van der Waals surface area (Å²) in [6, 6.07) is 15.4. The molecule has 18 heavy (non-hydrogen) atoms. The van der Waals surface area contributed by atoms with Crippen LogP contribution in [0.5, 0.6) is 0 Å². The second-order valence-corrected chi connectivity index (χ2v) is 4.70. The molecule has 0 radical (unpaired) electrons. The first-order chi connectivity index (χ1) is 8.80. The van der Waals surface area contributed by atoms with Gasteiger partial charge in [0.2, 0.25) is 0 Å². The molecule has 2 rings (SSSR count). The van der Waals surface area contributed by atoms with Gasteiger partial charge in [-0.1, -0.05) is 63.2 Å². The topological polar surface area (TPSA) is 0 Å². The molecule has 0 unspecified atom stereocenters. The van der Waals surface area contributed by atoms with Gasteiger partial charge < -0.3 is 0 Å². The van der Waals surface area contributed by atoms with Crippen LogP contribution in [0, 0.1) is 0 Å². The fourth-order valence-corrected chi connectivity index (χ4v) is 2.68. The monoisotopic (exact) mass is 238 g/mol. The second-order valence-electron chi connectivity index (χ2n) is 4.70. The molecule has 0 spiro atoms. The molecular weight excluding hydrogens is 216 g/mol. The van der Waals surface area contributed by atoms with Gasteiger partial charge in [0.25, 0.3) is 0 Å². The Morgan fingerprint density at radius 1 is 0.667 bits per heavy atom. The van der Waals surface area contributed by atoms with E-state index in [1.807, 2.05) is 0 Å². The third-order valence-electron chi connectivity index (χ3n) is 3.66. The third kappa shape index (κ3) is 2.48. The lowest BCUT2D eigenvalue weighted by Gasteiger charge is -2.14. The summed E-state index contributed by atoms with van der Waals surface area (Å²) in [6.45, 7) is 6.77. The number of rotatable bonds is 4. The Labute approximate surface area is 111 Å². The van der Waals surface area contributed by atoms with Gasteiger partial charge in [0.1, 0.15) is 0 Å². The average molecular weight is 238 g/mol. The molecule has 0 aromatic heterocycles. The van der Waals surface area contributed by atoms with Crippen molar-refractivity contribution in [3.8, 4) is 11.1 Å². The summed E-state index contributed by atoms with van der Waals surface area (Å²) in [6.07, 6.45) is 3.38. The highest BCUT2D eigenvalue weighted by Gasteiger charge is 2.08. The molecule has 0 atom stereocenters. The van der Waals surface area contributed by atoms with Crippen LogP contribution in [0.3, 0.4) is 0 Å². The van der Waals surface area contributed by atoms with Gasteiger partial charge in [0.15, 0.2) is 0 Å². The highest BCUT2D eigenvalue weighted by atomic mass is 14.1. The van der Waals surface area contributed by atoms with E-state index in [1.165, 1.54) is 22.3 Å². The van der Waals surface area contributed by atoms with Crippen LogP contribution < -0.4 is 0 Å². The third-order valence-corrected chi connectivity index (χ3v) is 3.66. The minimum absolute atomic E-state index is 1.12. The van der Waals surface area contributed by atoms with Gasteiger partial charge in [-0.15, -0.1) is 0 Å². The van der Waals surface area contributed by atoms with Crippen molar-refractivity contribution >= 4 is 0 Å². The van der Waals surface area contributed by atoms with E-state index in [2.05, 4.69) is 63.2 Å². The number of benzene rings is 2. The Balaban J connectivity index is 2.57. The van der Waals surface area contributed by atoms with E-state index < -0.39 is 0 Å². The summed E-state index contributed by atoms with van der Waals surface area (Å²) in [5.41, 5.74) is 7.26. The first-order valence-electron chi connectivity index (χ1n) is 7.00. The zero-order chi connectivity index (χ0) is 13.0. The van der Waals surface area contributed by atoms with Gasteiger partial charge in [0, 0.05) is 0 Å². The van der Waals surface area contributed by atoms with Gasteiger partial charge in [-0.3, -0.25) is 0 Å². The molecule has 0 heteroatoms. The van der Waals surface area contributed by atoms with Crippen LogP contribution >= 0.6 is 0 Å². The van der Waals surface area contributed by atoms with Gasteiger partial charge in [-0.25, -0.2) is 0 Å². The van der Waals surface area contributed by atoms with Crippen molar-refractivity contribution in [3.63, 3.8) is 0 Å². The summed E-state index contributed by atoms with van der Waals surface area (Å²) in [7, 11) is 0. The fourth-order valence-electron chi connectivity index (χ4n) is 2.68. The van der Waals surface area contributed by atoms with Crippen molar-refractivity contribution in [2.75, 3.05) is 0 Å². The fraction of sp³-hybridized carbons (Fsp3) is 0.333. The number of aryl methyl sites for hydroxylation is 2. The molecule has 0 aliphatic rings. The molecule has 0 N–H and O–H groups in total. The van der Waals surface area contributed by atoms with Gasteiger partial charge in [-0.2, -0.15) is 0 Å². The summed E-state index contributed by atoms with van der Waals surface area (Å²) in [5.74, 6) is 0. The predicted molar refractivity (Wildman–Crippen MR) is 80.0 cm³/mol. The van der Waals surface area contributed by atoms with Crippen LogP contribution in [0.1, 0.15) is 37.5 Å². The molecule has 2 aromatic carbocycles. The Morgan fingerprint density at radius 2 is 1.22 bits per heavy atom. The average Bonchev–Trinajstić information content (AvgIpc) is 2.46. The maximum Gasteiger partial charge on any atom is -0.0178 e. The van der Waals surface area contributed by atoms with Crippen LogP contribution in [0.2, 0.25) is 0 Å². The van der Waals surface area contributed by atoms with Gasteiger partial charge in [0.05, 0.1) is 0 Å². The Kier molecular flexibility index (Phi) is 4.19. The normalized spacial score (nSPS) is 10.6. The molecule has 2 aromatic rings. The van der Waals surface area contributed by atoms with Crippen LogP contribution in [0.15, 0.2) is 42.5 Å². The summed E-state index contributed by atoms with van der Waals surface area (Å²) < 4.78 is 0. The highest BCUT2D eigenvalue weighted by molar-refractivity contribution is 5.66. The lowest BCUT2D eigenvalue weighted by molar-refractivity contribution is 0.982. The minimum Gasteiger partial charge on any atom is -0.0622 e. The van der Waals surface area contributed by atoms with Crippen molar-refractivity contribution in [1.82, 2.24) is 0 Å². The van der Waals surface area contributed by atoms with E-state index in [0.717, 1.165) is 19.3 Å². The Morgan fingerprint density at radius 3 is 1.67 bits per heavy atom. The highest BCUT2D eigenvalue weighted by Crippen LogP contribution is 2.27. The molecule has 0 fully saturated rings. The van der Waals surface area contributed by atoms with E-state index in [-0.39, 0.29) is 0 Å². The molecule has 0 saturated carbocycles. The second kappa shape index (κ2) is 5.86. The Hall–Kier alpha value is -1.56. The van der Waals surface area contributed by atoms with Crippen molar-refractivity contribution < 1.29 is 0 Å². The van der Waals surface area contributed by atoms with E-state index in [1.54, 1.807) is 5.56 Å². The molecule has 0 aliphatic carbocycles. The minimum atomic E-state index is 1.12. The number of hydrogen-bond acceptors (Lipinski definition) is 0. The first kappa shape index (κ1) is 12.9. The zero-order valence-electron chi connectivity index (χ0n) is 11.7. The SMILES string of the molecule is CCc1cc(-c2ccccc2)cc(CC)c1CC. The van der Waals surface area contributed by atoms with Crippen molar-refractivity contribution in [1.29, 1.82) is 0 Å². The lowest BCUT2D eigenvalue weighted by Crippen LogP contribution is -1.98. The van der Waals surface area contributed by atoms with Crippen molar-refractivity contribution in [2.24, 2.45) is 0 Å². The summed E-state index contributed by atoms with van der Waals surface area (Å²) in [5, 5.41) is 0. The van der Waals surface area contributed by atoms with E-state index in [4.69, 9.17) is 0 Å². The predicted octanol–water partition coefficient (Wildman–Crippen LogP) is 5.04. The molecule has 0 nitrogen and oxygen atoms in total. The molecule has 0 heterocycles. The van der Waals surface area contributed by atoms with Gasteiger partial charge in [-0.05, 0) is 47.1 Å². The molecule has 0 saturated heterocycles. The Bertz CT molecular complexity index is 484. The molecular formula is C18H22. The van der Waals surface area contributed by atoms with Crippen LogP contribution in [-0.4, -0.2) is 0 Å². The van der Waals surface area contributed by atoms with Crippen LogP contribution in [0.4, 0.5) is 0 Å². The zero-order valence-corrected chi connectivity index (χ0v) is 11.7. The standard InChI is InChI=1S/C18H22/c1-4-14-12-17(16-10-8-7-9-11-16)13-15(5-2)18(14)6-3/h7-13H,4-6H2,1-3H3. The van der Waals surface area contributed by atoms with Crippen molar-refractivity contribution in [2.45, 2.75) is 40.0 Å². The maximum absolute atomic E-state index is 2.37. The summed E-state index contributed by atoms with van der Waals surface area (Å²) >= 11 is 0. The lowest BCUT2D eigenvalue weighted by atomic mass is 9.91. The smallest absolute Gasteiger partial charge is 0.0178 e. The molecule has 0 bridgehead atoms. The maximum atomic E-state index is 2.37. The van der Waals surface area contributed by atoms with Crippen LogP contribution in [0.25, 0.3) is 11.1 Å². The number of hydrogen-bond donors (Lipinski definition) is 0. The van der Waals surface area contributed by atoms with E-state index in [9.17, 15) is 0 Å². The van der Waals surface area contributed by atoms with E-state index >= 15 is 0 Å². The largest absolute Gasteiger partial charge is 0.0622 e. The van der Waals surface area contributed by atoms with Gasteiger partial charge >= 0.3 is 0 Å².